The molecule has 2 atom stereocenters. The maximum Gasteiger partial charge on any atom is 0.0697 e. The number of ether oxygens (including phenoxy) is 1. The van der Waals surface area contributed by atoms with E-state index in [1.165, 1.54) is 9.13 Å². The van der Waals surface area contributed by atoms with Gasteiger partial charge in [0.1, 0.15) is 0 Å². The normalized spacial score (nSPS) is 15.1. The Balaban J connectivity index is 2.56. The van der Waals surface area contributed by atoms with E-state index in [-0.39, 0.29) is 12.1 Å². The fraction of sp³-hybridized carbons (Fsp3) is 0.455. The first-order valence-corrected chi connectivity index (χ1v) is 5.74. The third kappa shape index (κ3) is 3.55. The topological polar surface area (TPSA) is 35.2 Å². The van der Waals surface area contributed by atoms with Crippen LogP contribution in [-0.4, -0.2) is 19.3 Å². The number of benzene rings is 1. The monoisotopic (exact) mass is 305 g/mol. The zero-order chi connectivity index (χ0) is 10.6. The SMILES string of the molecule is COC(C)C(N)Cc1ccc(I)cc1. The second kappa shape index (κ2) is 5.68. The van der Waals surface area contributed by atoms with Crippen molar-refractivity contribution in [2.45, 2.75) is 25.5 Å². The van der Waals surface area contributed by atoms with Crippen molar-refractivity contribution >= 4 is 22.6 Å². The summed E-state index contributed by atoms with van der Waals surface area (Å²) in [5.41, 5.74) is 7.24. The molecule has 1 rings (SSSR count). The third-order valence-corrected chi connectivity index (χ3v) is 3.08. The lowest BCUT2D eigenvalue weighted by molar-refractivity contribution is 0.0956. The highest BCUT2D eigenvalue weighted by atomic mass is 127. The molecule has 0 bridgehead atoms. The van der Waals surface area contributed by atoms with Crippen LogP contribution in [0.5, 0.6) is 0 Å². The number of rotatable bonds is 4. The van der Waals surface area contributed by atoms with E-state index in [1.807, 2.05) is 6.92 Å². The lowest BCUT2D eigenvalue weighted by Gasteiger charge is -2.18. The summed E-state index contributed by atoms with van der Waals surface area (Å²) in [6.07, 6.45) is 0.973. The van der Waals surface area contributed by atoms with Gasteiger partial charge in [-0.05, 0) is 53.6 Å². The van der Waals surface area contributed by atoms with Gasteiger partial charge in [-0.25, -0.2) is 0 Å². The van der Waals surface area contributed by atoms with Crippen LogP contribution in [0.25, 0.3) is 0 Å². The smallest absolute Gasteiger partial charge is 0.0697 e. The molecule has 0 aliphatic carbocycles. The molecular weight excluding hydrogens is 289 g/mol. The minimum Gasteiger partial charge on any atom is -0.380 e. The maximum atomic E-state index is 5.97. The number of halogens is 1. The van der Waals surface area contributed by atoms with Crippen LogP contribution in [0.4, 0.5) is 0 Å². The van der Waals surface area contributed by atoms with Crippen LogP contribution in [0.2, 0.25) is 0 Å². The van der Waals surface area contributed by atoms with Crippen LogP contribution >= 0.6 is 22.6 Å². The molecule has 0 aliphatic heterocycles. The predicted molar refractivity (Wildman–Crippen MR) is 67.3 cm³/mol. The highest BCUT2D eigenvalue weighted by Crippen LogP contribution is 2.10. The van der Waals surface area contributed by atoms with Crippen LogP contribution in [0.1, 0.15) is 12.5 Å². The van der Waals surface area contributed by atoms with Crippen molar-refractivity contribution in [1.29, 1.82) is 0 Å². The molecule has 0 saturated heterocycles. The Hall–Kier alpha value is -0.130. The molecule has 0 saturated carbocycles. The summed E-state index contributed by atoms with van der Waals surface area (Å²) in [4.78, 5) is 0. The first kappa shape index (κ1) is 11.9. The molecule has 78 valence electrons. The van der Waals surface area contributed by atoms with E-state index in [4.69, 9.17) is 10.5 Å². The van der Waals surface area contributed by atoms with Crippen molar-refractivity contribution in [3.8, 4) is 0 Å². The molecule has 2 nitrogen and oxygen atoms in total. The Morgan fingerprint density at radius 2 is 1.93 bits per heavy atom. The third-order valence-electron chi connectivity index (χ3n) is 2.36. The van der Waals surface area contributed by atoms with Crippen molar-refractivity contribution in [1.82, 2.24) is 0 Å². The molecule has 0 fully saturated rings. The summed E-state index contributed by atoms with van der Waals surface area (Å²) in [5, 5.41) is 0. The Bertz CT molecular complexity index is 273. The largest absolute Gasteiger partial charge is 0.380 e. The summed E-state index contributed by atoms with van der Waals surface area (Å²) < 4.78 is 6.43. The molecule has 0 aliphatic rings. The zero-order valence-electron chi connectivity index (χ0n) is 8.53. The van der Waals surface area contributed by atoms with Crippen LogP contribution < -0.4 is 5.73 Å². The Morgan fingerprint density at radius 3 is 2.43 bits per heavy atom. The molecule has 0 spiro atoms. The van der Waals surface area contributed by atoms with Gasteiger partial charge in [0.2, 0.25) is 0 Å². The van der Waals surface area contributed by atoms with Gasteiger partial charge in [0.25, 0.3) is 0 Å². The molecule has 0 amide bonds. The van der Waals surface area contributed by atoms with Gasteiger partial charge in [-0.2, -0.15) is 0 Å². The Kier molecular flexibility index (Phi) is 4.84. The standard InChI is InChI=1S/C11H16INO/c1-8(14-2)11(13)7-9-3-5-10(12)6-4-9/h3-6,8,11H,7,13H2,1-2H3. The van der Waals surface area contributed by atoms with Gasteiger partial charge >= 0.3 is 0 Å². The minimum atomic E-state index is 0.0695. The summed E-state index contributed by atoms with van der Waals surface area (Å²) in [5.74, 6) is 0. The van der Waals surface area contributed by atoms with Crippen molar-refractivity contribution < 1.29 is 4.74 Å². The molecule has 1 aromatic rings. The van der Waals surface area contributed by atoms with Gasteiger partial charge < -0.3 is 10.5 Å². The number of methoxy groups -OCH3 is 1. The molecule has 3 heteroatoms. The molecular formula is C11H16INO. The fourth-order valence-electron chi connectivity index (χ4n) is 1.23. The lowest BCUT2D eigenvalue weighted by atomic mass is 10.0. The van der Waals surface area contributed by atoms with E-state index in [0.717, 1.165) is 6.42 Å². The zero-order valence-corrected chi connectivity index (χ0v) is 10.7. The minimum absolute atomic E-state index is 0.0695. The van der Waals surface area contributed by atoms with Crippen molar-refractivity contribution in [2.24, 2.45) is 5.73 Å². The van der Waals surface area contributed by atoms with Crippen molar-refractivity contribution in [3.05, 3.63) is 33.4 Å². The highest BCUT2D eigenvalue weighted by molar-refractivity contribution is 14.1. The first-order valence-electron chi connectivity index (χ1n) is 4.66. The summed E-state index contributed by atoms with van der Waals surface area (Å²) in [6.45, 7) is 2.00. The van der Waals surface area contributed by atoms with Gasteiger partial charge in [-0.3, -0.25) is 0 Å². The lowest BCUT2D eigenvalue weighted by Crippen LogP contribution is -2.35. The first-order chi connectivity index (χ1) is 6.63. The fourth-order valence-corrected chi connectivity index (χ4v) is 1.59. The Morgan fingerprint density at radius 1 is 1.36 bits per heavy atom. The maximum absolute atomic E-state index is 5.97. The van der Waals surface area contributed by atoms with Gasteiger partial charge in [-0.1, -0.05) is 12.1 Å². The van der Waals surface area contributed by atoms with E-state index >= 15 is 0 Å². The van der Waals surface area contributed by atoms with Gasteiger partial charge in [0.15, 0.2) is 0 Å². The van der Waals surface area contributed by atoms with E-state index in [1.54, 1.807) is 7.11 Å². The quantitative estimate of drug-likeness (QED) is 0.866. The van der Waals surface area contributed by atoms with E-state index in [0.29, 0.717) is 0 Å². The Labute approximate surface area is 99.0 Å². The van der Waals surface area contributed by atoms with Crippen LogP contribution in [-0.2, 0) is 11.2 Å². The number of hydrogen-bond acceptors (Lipinski definition) is 2. The predicted octanol–water partition coefficient (Wildman–Crippen LogP) is 2.20. The van der Waals surface area contributed by atoms with E-state index in [9.17, 15) is 0 Å². The van der Waals surface area contributed by atoms with E-state index in [2.05, 4.69) is 46.9 Å². The van der Waals surface area contributed by atoms with Crippen molar-refractivity contribution in [2.75, 3.05) is 7.11 Å². The van der Waals surface area contributed by atoms with E-state index < -0.39 is 0 Å². The van der Waals surface area contributed by atoms with Gasteiger partial charge in [-0.15, -0.1) is 0 Å². The van der Waals surface area contributed by atoms with Gasteiger partial charge in [0, 0.05) is 16.7 Å². The molecule has 14 heavy (non-hydrogen) atoms. The molecule has 2 N–H and O–H groups in total. The molecule has 0 aromatic heterocycles. The summed E-state index contributed by atoms with van der Waals surface area (Å²) in [7, 11) is 1.69. The van der Waals surface area contributed by atoms with Crippen LogP contribution in [0.15, 0.2) is 24.3 Å². The average molecular weight is 305 g/mol. The molecule has 0 radical (unpaired) electrons. The molecule has 2 unspecified atom stereocenters. The number of hydrogen-bond donors (Lipinski definition) is 1. The highest BCUT2D eigenvalue weighted by Gasteiger charge is 2.11. The molecule has 0 heterocycles. The van der Waals surface area contributed by atoms with Gasteiger partial charge in [0.05, 0.1) is 6.10 Å². The van der Waals surface area contributed by atoms with Crippen molar-refractivity contribution in [3.63, 3.8) is 0 Å². The van der Waals surface area contributed by atoms with Crippen LogP contribution in [0.3, 0.4) is 0 Å². The second-order valence-electron chi connectivity index (χ2n) is 3.44. The number of nitrogens with two attached hydrogens (primary N) is 1. The second-order valence-corrected chi connectivity index (χ2v) is 4.68. The summed E-state index contributed by atoms with van der Waals surface area (Å²) >= 11 is 2.29. The van der Waals surface area contributed by atoms with Crippen LogP contribution in [0, 0.1) is 3.57 Å². The average Bonchev–Trinajstić information content (AvgIpc) is 2.20. The molecule has 1 aromatic carbocycles. The summed E-state index contributed by atoms with van der Waals surface area (Å²) in [6, 6.07) is 8.49.